The summed E-state index contributed by atoms with van der Waals surface area (Å²) in [6, 6.07) is 40.7. The zero-order valence-electron chi connectivity index (χ0n) is 33.6. The third-order valence-corrected chi connectivity index (χ3v) is 15.2. The number of hydrogen-bond donors (Lipinski definition) is 0. The summed E-state index contributed by atoms with van der Waals surface area (Å²) in [5.74, 6) is 0. The van der Waals surface area contributed by atoms with Crippen molar-refractivity contribution in [3.63, 3.8) is 0 Å². The molecule has 0 spiro atoms. The normalized spacial score (nSPS) is 11.9. The van der Waals surface area contributed by atoms with Crippen LogP contribution >= 0.6 is 0 Å². The third kappa shape index (κ3) is 10.0. The van der Waals surface area contributed by atoms with E-state index in [2.05, 4.69) is 118 Å². The Labute approximate surface area is 323 Å². The molecule has 0 aliphatic rings. The molecule has 0 aliphatic heterocycles. The predicted molar refractivity (Wildman–Crippen MR) is 243 cm³/mol. The molecular formula is C52H67Si. The predicted octanol–water partition coefficient (Wildman–Crippen LogP) is 17.6. The molecule has 0 heterocycles. The summed E-state index contributed by atoms with van der Waals surface area (Å²) in [7, 11) is -0.0222. The second-order valence-corrected chi connectivity index (χ2v) is 19.1. The Balaban J connectivity index is 0.000000184. The first kappa shape index (κ1) is 39.3. The van der Waals surface area contributed by atoms with Crippen molar-refractivity contribution < 1.29 is 0 Å². The highest BCUT2D eigenvalue weighted by Gasteiger charge is 2.17. The van der Waals surface area contributed by atoms with E-state index in [1.54, 1.807) is 37.4 Å². The van der Waals surface area contributed by atoms with Gasteiger partial charge in [-0.15, -0.1) is 0 Å². The summed E-state index contributed by atoms with van der Waals surface area (Å²) in [5, 5.41) is 16.2. The van der Waals surface area contributed by atoms with Crippen molar-refractivity contribution in [3.8, 4) is 0 Å². The van der Waals surface area contributed by atoms with Gasteiger partial charge in [-0.25, -0.2) is 0 Å². The van der Waals surface area contributed by atoms with Crippen LogP contribution in [0.4, 0.5) is 0 Å². The molecule has 0 saturated carbocycles. The fourth-order valence-corrected chi connectivity index (χ4v) is 12.0. The topological polar surface area (TPSA) is 0 Å². The number of hydrogen-bond acceptors (Lipinski definition) is 0. The van der Waals surface area contributed by atoms with Gasteiger partial charge in [-0.05, 0) is 76.8 Å². The van der Waals surface area contributed by atoms with E-state index in [1.807, 2.05) is 0 Å². The molecule has 0 aromatic heterocycles. The van der Waals surface area contributed by atoms with Crippen LogP contribution in [-0.4, -0.2) is 8.80 Å². The van der Waals surface area contributed by atoms with Crippen molar-refractivity contribution in [1.82, 2.24) is 0 Å². The van der Waals surface area contributed by atoms with E-state index in [0.717, 1.165) is 0 Å². The molecule has 1 radical (unpaired) electrons. The highest BCUT2D eigenvalue weighted by atomic mass is 28.3. The molecule has 0 bridgehead atoms. The van der Waals surface area contributed by atoms with Crippen LogP contribution < -0.4 is 0 Å². The summed E-state index contributed by atoms with van der Waals surface area (Å²) in [6.45, 7) is 6.96. The first-order valence-corrected chi connectivity index (χ1v) is 24.1. The van der Waals surface area contributed by atoms with Crippen LogP contribution in [0.2, 0.25) is 18.1 Å². The van der Waals surface area contributed by atoms with Crippen molar-refractivity contribution in [2.24, 2.45) is 0 Å². The smallest absolute Gasteiger partial charge is 0.0479 e. The maximum absolute atomic E-state index is 2.39. The molecule has 7 aromatic carbocycles. The molecule has 0 aliphatic carbocycles. The van der Waals surface area contributed by atoms with Gasteiger partial charge in [0, 0.05) is 8.80 Å². The van der Waals surface area contributed by atoms with Gasteiger partial charge in [-0.1, -0.05) is 239 Å². The average molecular weight is 720 g/mol. The van der Waals surface area contributed by atoms with Gasteiger partial charge in [-0.3, -0.25) is 0 Å². The van der Waals surface area contributed by atoms with Crippen LogP contribution in [0.1, 0.15) is 136 Å². The van der Waals surface area contributed by atoms with Gasteiger partial charge >= 0.3 is 0 Å². The Bertz CT molecular complexity index is 2080. The second-order valence-electron chi connectivity index (χ2n) is 16.1. The van der Waals surface area contributed by atoms with E-state index in [-0.39, 0.29) is 8.80 Å². The van der Waals surface area contributed by atoms with Gasteiger partial charge in [0.15, 0.2) is 0 Å². The minimum atomic E-state index is -0.0222. The van der Waals surface area contributed by atoms with Crippen molar-refractivity contribution in [2.75, 3.05) is 0 Å². The van der Waals surface area contributed by atoms with Gasteiger partial charge in [0.1, 0.15) is 0 Å². The van der Waals surface area contributed by atoms with Gasteiger partial charge in [0.05, 0.1) is 0 Å². The highest BCUT2D eigenvalue weighted by Crippen LogP contribution is 2.45. The standard InChI is InChI=1S/C28H16.C24H51Si/c1-3-11-20-18(7-1)15-25-22-13-5-9-17-10-6-14-23(26(17)22)27-21-12-4-2-8-19(21)16-24(20)28(25)27;1-4-7-10-13-16-19-22-25(23-20-17-14-11-8-5-2)24-21-18-15-12-9-6-3/h1-16H;4-24H2,1-3H3. The molecule has 0 N–H and O–H groups in total. The van der Waals surface area contributed by atoms with Crippen LogP contribution in [0.3, 0.4) is 0 Å². The monoisotopic (exact) mass is 720 g/mol. The molecule has 0 saturated heterocycles. The Morgan fingerprint density at radius 1 is 0.302 bits per heavy atom. The maximum atomic E-state index is 2.39. The van der Waals surface area contributed by atoms with Gasteiger partial charge in [-0.2, -0.15) is 0 Å². The van der Waals surface area contributed by atoms with E-state index in [4.69, 9.17) is 0 Å². The Kier molecular flexibility index (Phi) is 15.5. The fraction of sp³-hybridized carbons (Fsp3) is 0.462. The SMILES string of the molecule is CCCCCCCC[Si](CCCCCCCC)CCCCCCCC.c1ccc2c(c1)cc1c3cccc4cccc(c43)c3c4ccccc4cc2c13. The van der Waals surface area contributed by atoms with E-state index in [9.17, 15) is 0 Å². The molecule has 53 heavy (non-hydrogen) atoms. The summed E-state index contributed by atoms with van der Waals surface area (Å²) in [6.07, 6.45) is 26.6. The second kappa shape index (κ2) is 20.9. The maximum Gasteiger partial charge on any atom is 0.0479 e. The number of benzene rings is 7. The molecule has 0 atom stereocenters. The molecule has 0 nitrogen and oxygen atoms in total. The lowest BCUT2D eigenvalue weighted by atomic mass is 9.85. The van der Waals surface area contributed by atoms with E-state index < -0.39 is 0 Å². The molecule has 279 valence electrons. The van der Waals surface area contributed by atoms with Crippen LogP contribution in [0.25, 0.3) is 64.6 Å². The van der Waals surface area contributed by atoms with Gasteiger partial charge in [0.2, 0.25) is 0 Å². The number of fused-ring (bicyclic) bond motifs is 6. The van der Waals surface area contributed by atoms with Crippen molar-refractivity contribution in [3.05, 3.63) is 97.1 Å². The van der Waals surface area contributed by atoms with Gasteiger partial charge < -0.3 is 0 Å². The van der Waals surface area contributed by atoms with Crippen molar-refractivity contribution in [2.45, 2.75) is 154 Å². The van der Waals surface area contributed by atoms with Crippen LogP contribution in [0, 0.1) is 0 Å². The fourth-order valence-electron chi connectivity index (χ4n) is 9.04. The zero-order chi connectivity index (χ0) is 36.7. The first-order valence-electron chi connectivity index (χ1n) is 22.0. The van der Waals surface area contributed by atoms with Gasteiger partial charge in [0.25, 0.3) is 0 Å². The highest BCUT2D eigenvalue weighted by molar-refractivity contribution is 6.58. The molecule has 0 unspecified atom stereocenters. The lowest BCUT2D eigenvalue weighted by molar-refractivity contribution is 0.610. The third-order valence-electron chi connectivity index (χ3n) is 12.0. The molecule has 7 rings (SSSR count). The molecular weight excluding hydrogens is 653 g/mol. The minimum absolute atomic E-state index is 0.0222. The summed E-state index contributed by atoms with van der Waals surface area (Å²) < 4.78 is 0. The quantitative estimate of drug-likeness (QED) is 0.0300. The Morgan fingerprint density at radius 3 is 1.23 bits per heavy atom. The first-order chi connectivity index (χ1) is 26.2. The van der Waals surface area contributed by atoms with Crippen LogP contribution in [0.5, 0.6) is 0 Å². The Hall–Kier alpha value is -3.42. The summed E-state index contributed by atoms with van der Waals surface area (Å²) in [4.78, 5) is 0. The van der Waals surface area contributed by atoms with E-state index in [1.165, 1.54) is 161 Å². The largest absolute Gasteiger partial charge is 0.0654 e. The average Bonchev–Trinajstić information content (AvgIpc) is 3.20. The van der Waals surface area contributed by atoms with Crippen LogP contribution in [0.15, 0.2) is 97.1 Å². The molecule has 0 fully saturated rings. The summed E-state index contributed by atoms with van der Waals surface area (Å²) in [5.41, 5.74) is 0. The van der Waals surface area contributed by atoms with Crippen molar-refractivity contribution in [1.29, 1.82) is 0 Å². The van der Waals surface area contributed by atoms with Crippen LogP contribution in [-0.2, 0) is 0 Å². The lowest BCUT2D eigenvalue weighted by Gasteiger charge is -2.18. The Morgan fingerprint density at radius 2 is 0.679 bits per heavy atom. The van der Waals surface area contributed by atoms with E-state index in [0.29, 0.717) is 0 Å². The molecule has 7 aromatic rings. The molecule has 1 heteroatoms. The number of unbranched alkanes of at least 4 members (excludes halogenated alkanes) is 15. The molecule has 0 amide bonds. The minimum Gasteiger partial charge on any atom is -0.0654 e. The lowest BCUT2D eigenvalue weighted by Crippen LogP contribution is -2.12. The van der Waals surface area contributed by atoms with E-state index >= 15 is 0 Å². The van der Waals surface area contributed by atoms with Crippen molar-refractivity contribution >= 4 is 73.4 Å². The summed E-state index contributed by atoms with van der Waals surface area (Å²) >= 11 is 0. The number of rotatable bonds is 21. The zero-order valence-corrected chi connectivity index (χ0v) is 34.6.